The van der Waals surface area contributed by atoms with E-state index in [0.717, 1.165) is 0 Å². The molecule has 1 aliphatic rings. The highest BCUT2D eigenvalue weighted by Crippen LogP contribution is 2.22. The molecule has 1 rings (SSSR count). The second-order valence-electron chi connectivity index (χ2n) is 3.77. The molecule has 0 atom stereocenters. The van der Waals surface area contributed by atoms with Gasteiger partial charge in [0.15, 0.2) is 0 Å². The molecule has 0 heterocycles. The molecule has 0 aromatic rings. The summed E-state index contributed by atoms with van der Waals surface area (Å²) in [6.07, 6.45) is 6.23. The maximum atomic E-state index is 10.9. The van der Waals surface area contributed by atoms with E-state index in [0.29, 0.717) is 12.5 Å². The van der Waals surface area contributed by atoms with Crippen molar-refractivity contribution in [2.45, 2.75) is 39.0 Å². The second-order valence-corrected chi connectivity index (χ2v) is 3.77. The molecular formula is C10H17NO2. The Morgan fingerprint density at radius 2 is 1.85 bits per heavy atom. The summed E-state index contributed by atoms with van der Waals surface area (Å²) in [5.41, 5.74) is 0. The third kappa shape index (κ3) is 3.57. The zero-order valence-electron chi connectivity index (χ0n) is 8.14. The Bertz CT molecular complexity index is 195. The topological polar surface area (TPSA) is 46.2 Å². The average Bonchev–Trinajstić information content (AvgIpc) is 2.15. The van der Waals surface area contributed by atoms with Crippen LogP contribution in [0, 0.1) is 5.92 Å². The van der Waals surface area contributed by atoms with Crippen LogP contribution in [0.2, 0.25) is 0 Å². The number of carbonyl (C=O) groups is 2. The lowest BCUT2D eigenvalue weighted by Gasteiger charge is -2.21. The van der Waals surface area contributed by atoms with Crippen LogP contribution >= 0.6 is 0 Å². The average molecular weight is 183 g/mol. The monoisotopic (exact) mass is 183 g/mol. The van der Waals surface area contributed by atoms with Gasteiger partial charge in [0.1, 0.15) is 0 Å². The Morgan fingerprint density at radius 3 is 2.38 bits per heavy atom. The summed E-state index contributed by atoms with van der Waals surface area (Å²) >= 11 is 0. The zero-order valence-corrected chi connectivity index (χ0v) is 8.14. The maximum Gasteiger partial charge on any atom is 0.287 e. The first-order valence-corrected chi connectivity index (χ1v) is 4.99. The summed E-state index contributed by atoms with van der Waals surface area (Å²) < 4.78 is 0. The summed E-state index contributed by atoms with van der Waals surface area (Å²) in [6.45, 7) is 1.98. The quantitative estimate of drug-likeness (QED) is 0.670. The standard InChI is InChI=1S/C10H17NO2/c1-8(12)10(13)11-7-9-5-3-2-4-6-9/h9H,2-7H2,1H3,(H,11,13). The van der Waals surface area contributed by atoms with Gasteiger partial charge in [-0.25, -0.2) is 0 Å². The van der Waals surface area contributed by atoms with Crippen molar-refractivity contribution in [3.63, 3.8) is 0 Å². The fourth-order valence-electron chi connectivity index (χ4n) is 1.75. The second kappa shape index (κ2) is 5.00. The number of nitrogens with one attached hydrogen (secondary N) is 1. The predicted octanol–water partition coefficient (Wildman–Crippen LogP) is 1.27. The molecule has 0 aromatic carbocycles. The van der Waals surface area contributed by atoms with E-state index in [4.69, 9.17) is 0 Å². The van der Waals surface area contributed by atoms with Gasteiger partial charge in [-0.15, -0.1) is 0 Å². The molecule has 0 bridgehead atoms. The summed E-state index contributed by atoms with van der Waals surface area (Å²) in [4.78, 5) is 21.5. The van der Waals surface area contributed by atoms with E-state index in [1.807, 2.05) is 0 Å². The van der Waals surface area contributed by atoms with Gasteiger partial charge in [-0.05, 0) is 18.8 Å². The lowest BCUT2D eigenvalue weighted by molar-refractivity contribution is -0.136. The first kappa shape index (κ1) is 10.2. The lowest BCUT2D eigenvalue weighted by Crippen LogP contribution is -2.34. The number of carbonyl (C=O) groups excluding carboxylic acids is 2. The number of amides is 1. The van der Waals surface area contributed by atoms with Gasteiger partial charge in [0.25, 0.3) is 5.91 Å². The highest BCUT2D eigenvalue weighted by atomic mass is 16.2. The summed E-state index contributed by atoms with van der Waals surface area (Å²) in [7, 11) is 0. The van der Waals surface area contributed by atoms with Gasteiger partial charge >= 0.3 is 0 Å². The summed E-state index contributed by atoms with van der Waals surface area (Å²) in [6, 6.07) is 0. The van der Waals surface area contributed by atoms with Crippen LogP contribution in [0.3, 0.4) is 0 Å². The number of ketones is 1. The first-order valence-electron chi connectivity index (χ1n) is 4.99. The highest BCUT2D eigenvalue weighted by Gasteiger charge is 2.15. The molecule has 1 amide bonds. The van der Waals surface area contributed by atoms with E-state index in [1.165, 1.54) is 39.0 Å². The van der Waals surface area contributed by atoms with E-state index in [9.17, 15) is 9.59 Å². The van der Waals surface area contributed by atoms with E-state index < -0.39 is 11.7 Å². The maximum absolute atomic E-state index is 10.9. The number of rotatable bonds is 3. The molecule has 1 fully saturated rings. The Labute approximate surface area is 78.9 Å². The fourth-order valence-corrected chi connectivity index (χ4v) is 1.75. The normalized spacial score (nSPS) is 18.2. The Kier molecular flexibility index (Phi) is 3.93. The van der Waals surface area contributed by atoms with E-state index >= 15 is 0 Å². The Morgan fingerprint density at radius 1 is 1.23 bits per heavy atom. The molecule has 0 radical (unpaired) electrons. The van der Waals surface area contributed by atoms with Crippen molar-refractivity contribution in [3.05, 3.63) is 0 Å². The fraction of sp³-hybridized carbons (Fsp3) is 0.800. The molecule has 0 aliphatic heterocycles. The minimum atomic E-state index is -0.439. The molecule has 1 saturated carbocycles. The van der Waals surface area contributed by atoms with Crippen molar-refractivity contribution in [1.82, 2.24) is 5.32 Å². The van der Waals surface area contributed by atoms with Crippen LogP contribution in [0.5, 0.6) is 0 Å². The van der Waals surface area contributed by atoms with E-state index in [1.54, 1.807) is 0 Å². The molecule has 0 unspecified atom stereocenters. The van der Waals surface area contributed by atoms with Gasteiger partial charge in [-0.1, -0.05) is 19.3 Å². The largest absolute Gasteiger partial charge is 0.349 e. The van der Waals surface area contributed by atoms with Crippen LogP contribution < -0.4 is 5.32 Å². The van der Waals surface area contributed by atoms with Crippen molar-refractivity contribution in [1.29, 1.82) is 0 Å². The van der Waals surface area contributed by atoms with Crippen LogP contribution in [0.1, 0.15) is 39.0 Å². The van der Waals surface area contributed by atoms with Crippen molar-refractivity contribution >= 4 is 11.7 Å². The smallest absolute Gasteiger partial charge is 0.287 e. The number of hydrogen-bond acceptors (Lipinski definition) is 2. The van der Waals surface area contributed by atoms with Crippen LogP contribution in [0.15, 0.2) is 0 Å². The minimum Gasteiger partial charge on any atom is -0.349 e. The molecule has 0 saturated heterocycles. The zero-order chi connectivity index (χ0) is 9.68. The molecule has 74 valence electrons. The number of Topliss-reactive ketones (excluding diaryl/α,β-unsaturated/α-hetero) is 1. The first-order chi connectivity index (χ1) is 6.20. The molecular weight excluding hydrogens is 166 g/mol. The Hall–Kier alpha value is -0.860. The molecule has 3 nitrogen and oxygen atoms in total. The molecule has 1 N–H and O–H groups in total. The van der Waals surface area contributed by atoms with Gasteiger partial charge in [-0.2, -0.15) is 0 Å². The third-order valence-corrected chi connectivity index (χ3v) is 2.60. The Balaban J connectivity index is 2.17. The summed E-state index contributed by atoms with van der Waals surface area (Å²) in [5.74, 6) is -0.238. The van der Waals surface area contributed by atoms with Crippen molar-refractivity contribution in [3.8, 4) is 0 Å². The van der Waals surface area contributed by atoms with Gasteiger partial charge in [-0.3, -0.25) is 9.59 Å². The van der Waals surface area contributed by atoms with Gasteiger partial charge in [0.2, 0.25) is 5.78 Å². The highest BCUT2D eigenvalue weighted by molar-refractivity contribution is 6.35. The number of hydrogen-bond donors (Lipinski definition) is 1. The van der Waals surface area contributed by atoms with Crippen LogP contribution in [-0.4, -0.2) is 18.2 Å². The van der Waals surface area contributed by atoms with Gasteiger partial charge in [0, 0.05) is 13.5 Å². The van der Waals surface area contributed by atoms with Gasteiger partial charge < -0.3 is 5.32 Å². The molecule has 0 spiro atoms. The van der Waals surface area contributed by atoms with E-state index in [2.05, 4.69) is 5.32 Å². The third-order valence-electron chi connectivity index (χ3n) is 2.60. The van der Waals surface area contributed by atoms with Crippen LogP contribution in [0.4, 0.5) is 0 Å². The van der Waals surface area contributed by atoms with Crippen molar-refractivity contribution in [2.24, 2.45) is 5.92 Å². The van der Waals surface area contributed by atoms with Crippen molar-refractivity contribution < 1.29 is 9.59 Å². The van der Waals surface area contributed by atoms with Crippen molar-refractivity contribution in [2.75, 3.05) is 6.54 Å². The summed E-state index contributed by atoms with van der Waals surface area (Å²) in [5, 5.41) is 2.66. The SMILES string of the molecule is CC(=O)C(=O)NCC1CCCCC1. The molecule has 0 aromatic heterocycles. The molecule has 3 heteroatoms. The minimum absolute atomic E-state index is 0.393. The molecule has 13 heavy (non-hydrogen) atoms. The van der Waals surface area contributed by atoms with Crippen LogP contribution in [-0.2, 0) is 9.59 Å². The predicted molar refractivity (Wildman–Crippen MR) is 50.3 cm³/mol. The molecule has 1 aliphatic carbocycles. The lowest BCUT2D eigenvalue weighted by atomic mass is 9.89. The van der Waals surface area contributed by atoms with Crippen LogP contribution in [0.25, 0.3) is 0 Å². The van der Waals surface area contributed by atoms with Gasteiger partial charge in [0.05, 0.1) is 0 Å². The van der Waals surface area contributed by atoms with E-state index in [-0.39, 0.29) is 0 Å².